The fourth-order valence-corrected chi connectivity index (χ4v) is 2.50. The van der Waals surface area contributed by atoms with E-state index in [-0.39, 0.29) is 6.61 Å². The molecular weight excluding hydrogens is 234 g/mol. The van der Waals surface area contributed by atoms with Crippen LogP contribution in [0.2, 0.25) is 0 Å². The van der Waals surface area contributed by atoms with Crippen molar-refractivity contribution < 1.29 is 9.84 Å². The zero-order valence-corrected chi connectivity index (χ0v) is 10.8. The molecule has 2 rings (SSSR count). The van der Waals surface area contributed by atoms with E-state index in [1.165, 1.54) is 0 Å². The standard InChI is InChI=1S/C13H15NO2S/c1-3-16-11-6-4-5-10(7-11)13-14-12(8-15)9(2)17-13/h4-7,15H,3,8H2,1-2H3. The van der Waals surface area contributed by atoms with Crippen molar-refractivity contribution >= 4 is 11.3 Å². The fourth-order valence-electron chi connectivity index (χ4n) is 1.58. The lowest BCUT2D eigenvalue weighted by molar-refractivity contribution is 0.277. The van der Waals surface area contributed by atoms with E-state index in [1.807, 2.05) is 38.1 Å². The van der Waals surface area contributed by atoms with Gasteiger partial charge in [-0.25, -0.2) is 4.98 Å². The van der Waals surface area contributed by atoms with Crippen molar-refractivity contribution in [2.75, 3.05) is 6.61 Å². The van der Waals surface area contributed by atoms with Gasteiger partial charge in [-0.1, -0.05) is 12.1 Å². The number of aliphatic hydroxyl groups excluding tert-OH is 1. The van der Waals surface area contributed by atoms with Crippen LogP contribution >= 0.6 is 11.3 Å². The molecule has 1 N–H and O–H groups in total. The molecule has 0 aliphatic heterocycles. The number of thiazole rings is 1. The lowest BCUT2D eigenvalue weighted by Gasteiger charge is -2.03. The van der Waals surface area contributed by atoms with E-state index in [9.17, 15) is 0 Å². The monoisotopic (exact) mass is 249 g/mol. The third-order valence-corrected chi connectivity index (χ3v) is 3.50. The summed E-state index contributed by atoms with van der Waals surface area (Å²) in [6, 6.07) is 7.86. The summed E-state index contributed by atoms with van der Waals surface area (Å²) < 4.78 is 5.46. The smallest absolute Gasteiger partial charge is 0.124 e. The molecule has 1 aromatic carbocycles. The molecule has 1 heterocycles. The molecular formula is C13H15NO2S. The molecule has 0 aliphatic rings. The molecule has 0 atom stereocenters. The average Bonchev–Trinajstić information content (AvgIpc) is 2.71. The Hall–Kier alpha value is -1.39. The van der Waals surface area contributed by atoms with Crippen molar-refractivity contribution in [1.82, 2.24) is 4.98 Å². The topological polar surface area (TPSA) is 42.4 Å². The van der Waals surface area contributed by atoms with Crippen molar-refractivity contribution in [3.05, 3.63) is 34.8 Å². The summed E-state index contributed by atoms with van der Waals surface area (Å²) in [5, 5.41) is 10.1. The highest BCUT2D eigenvalue weighted by Crippen LogP contribution is 2.29. The lowest BCUT2D eigenvalue weighted by atomic mass is 10.2. The minimum Gasteiger partial charge on any atom is -0.494 e. The molecule has 17 heavy (non-hydrogen) atoms. The normalized spacial score (nSPS) is 10.5. The fraction of sp³-hybridized carbons (Fsp3) is 0.308. The van der Waals surface area contributed by atoms with Crippen LogP contribution < -0.4 is 4.74 Å². The maximum absolute atomic E-state index is 9.14. The molecule has 0 unspecified atom stereocenters. The molecule has 4 heteroatoms. The highest BCUT2D eigenvalue weighted by atomic mass is 32.1. The number of ether oxygens (including phenoxy) is 1. The number of benzene rings is 1. The van der Waals surface area contributed by atoms with Gasteiger partial charge in [-0.2, -0.15) is 0 Å². The van der Waals surface area contributed by atoms with Crippen LogP contribution in [0.15, 0.2) is 24.3 Å². The number of nitrogens with zero attached hydrogens (tertiary/aromatic N) is 1. The Morgan fingerprint density at radius 3 is 2.88 bits per heavy atom. The van der Waals surface area contributed by atoms with E-state index in [0.717, 1.165) is 26.9 Å². The molecule has 0 saturated carbocycles. The van der Waals surface area contributed by atoms with Crippen molar-refractivity contribution in [2.24, 2.45) is 0 Å². The van der Waals surface area contributed by atoms with Gasteiger partial charge in [0.1, 0.15) is 10.8 Å². The van der Waals surface area contributed by atoms with Crippen LogP contribution in [0.1, 0.15) is 17.5 Å². The van der Waals surface area contributed by atoms with Crippen molar-refractivity contribution in [2.45, 2.75) is 20.5 Å². The van der Waals surface area contributed by atoms with Gasteiger partial charge in [0.15, 0.2) is 0 Å². The van der Waals surface area contributed by atoms with Gasteiger partial charge >= 0.3 is 0 Å². The summed E-state index contributed by atoms with van der Waals surface area (Å²) in [6.45, 7) is 4.58. The minimum absolute atomic E-state index is 0.00646. The SMILES string of the molecule is CCOc1cccc(-c2nc(CO)c(C)s2)c1. The molecule has 0 saturated heterocycles. The van der Waals surface area contributed by atoms with Gasteiger partial charge in [0.25, 0.3) is 0 Å². The van der Waals surface area contributed by atoms with E-state index in [1.54, 1.807) is 11.3 Å². The molecule has 0 amide bonds. The third-order valence-electron chi connectivity index (χ3n) is 2.43. The average molecular weight is 249 g/mol. The van der Waals surface area contributed by atoms with E-state index in [0.29, 0.717) is 6.61 Å². The number of rotatable bonds is 4. The maximum Gasteiger partial charge on any atom is 0.124 e. The Morgan fingerprint density at radius 2 is 2.24 bits per heavy atom. The summed E-state index contributed by atoms with van der Waals surface area (Å²) in [5.41, 5.74) is 1.79. The summed E-state index contributed by atoms with van der Waals surface area (Å²) in [6.07, 6.45) is 0. The molecule has 2 aromatic rings. The van der Waals surface area contributed by atoms with E-state index < -0.39 is 0 Å². The van der Waals surface area contributed by atoms with E-state index in [4.69, 9.17) is 9.84 Å². The van der Waals surface area contributed by atoms with Gasteiger partial charge in [-0.15, -0.1) is 11.3 Å². The molecule has 0 radical (unpaired) electrons. The lowest BCUT2D eigenvalue weighted by Crippen LogP contribution is -1.91. The predicted octanol–water partition coefficient (Wildman–Crippen LogP) is 3.01. The molecule has 0 bridgehead atoms. The zero-order valence-electron chi connectivity index (χ0n) is 9.93. The second-order valence-corrected chi connectivity index (χ2v) is 4.84. The third kappa shape index (κ3) is 2.65. The maximum atomic E-state index is 9.14. The van der Waals surface area contributed by atoms with Gasteiger partial charge in [-0.05, 0) is 26.0 Å². The molecule has 1 aromatic heterocycles. The van der Waals surface area contributed by atoms with E-state index in [2.05, 4.69) is 4.98 Å². The Kier molecular flexibility index (Phi) is 3.76. The van der Waals surface area contributed by atoms with Gasteiger partial charge in [0.2, 0.25) is 0 Å². The highest BCUT2D eigenvalue weighted by Gasteiger charge is 2.09. The molecule has 0 aliphatic carbocycles. The minimum atomic E-state index is -0.00646. The van der Waals surface area contributed by atoms with Gasteiger partial charge in [0.05, 0.1) is 18.9 Å². The van der Waals surface area contributed by atoms with Crippen molar-refractivity contribution in [3.63, 3.8) is 0 Å². The first-order valence-electron chi connectivity index (χ1n) is 5.55. The van der Waals surface area contributed by atoms with Crippen molar-refractivity contribution in [1.29, 1.82) is 0 Å². The number of aliphatic hydroxyl groups is 1. The Morgan fingerprint density at radius 1 is 1.41 bits per heavy atom. The highest BCUT2D eigenvalue weighted by molar-refractivity contribution is 7.15. The number of hydrogen-bond donors (Lipinski definition) is 1. The summed E-state index contributed by atoms with van der Waals surface area (Å²) in [7, 11) is 0. The molecule has 3 nitrogen and oxygen atoms in total. The van der Waals surface area contributed by atoms with Crippen LogP contribution in [0.25, 0.3) is 10.6 Å². The number of aromatic nitrogens is 1. The van der Waals surface area contributed by atoms with Gasteiger partial charge < -0.3 is 9.84 Å². The molecule has 0 spiro atoms. The van der Waals surface area contributed by atoms with Crippen LogP contribution in [-0.2, 0) is 6.61 Å². The van der Waals surface area contributed by atoms with Gasteiger partial charge in [-0.3, -0.25) is 0 Å². The zero-order chi connectivity index (χ0) is 12.3. The largest absolute Gasteiger partial charge is 0.494 e. The number of aryl methyl sites for hydroxylation is 1. The Bertz CT molecular complexity index is 508. The van der Waals surface area contributed by atoms with E-state index >= 15 is 0 Å². The first-order chi connectivity index (χ1) is 8.24. The Balaban J connectivity index is 2.34. The van der Waals surface area contributed by atoms with Crippen molar-refractivity contribution in [3.8, 4) is 16.3 Å². The van der Waals surface area contributed by atoms with Gasteiger partial charge in [0, 0.05) is 10.4 Å². The first-order valence-corrected chi connectivity index (χ1v) is 6.36. The summed E-state index contributed by atoms with van der Waals surface area (Å²) in [4.78, 5) is 5.47. The van der Waals surface area contributed by atoms with Crippen LogP contribution in [0.3, 0.4) is 0 Å². The van der Waals surface area contributed by atoms with Crippen LogP contribution in [-0.4, -0.2) is 16.7 Å². The Labute approximate surface area is 105 Å². The second kappa shape index (κ2) is 5.29. The molecule has 90 valence electrons. The predicted molar refractivity (Wildman–Crippen MR) is 69.4 cm³/mol. The quantitative estimate of drug-likeness (QED) is 0.905. The van der Waals surface area contributed by atoms with Crippen LogP contribution in [0.4, 0.5) is 0 Å². The molecule has 0 fully saturated rings. The number of hydrogen-bond acceptors (Lipinski definition) is 4. The summed E-state index contributed by atoms with van der Waals surface area (Å²) >= 11 is 1.59. The second-order valence-electron chi connectivity index (χ2n) is 3.64. The van der Waals surface area contributed by atoms with Crippen LogP contribution in [0.5, 0.6) is 5.75 Å². The summed E-state index contributed by atoms with van der Waals surface area (Å²) in [5.74, 6) is 0.850. The first kappa shape index (κ1) is 12.1. The van der Waals surface area contributed by atoms with Crippen LogP contribution in [0, 0.1) is 6.92 Å².